The van der Waals surface area contributed by atoms with Crippen molar-refractivity contribution in [1.82, 2.24) is 0 Å². The van der Waals surface area contributed by atoms with E-state index in [4.69, 9.17) is 4.42 Å². The van der Waals surface area contributed by atoms with Gasteiger partial charge in [-0.15, -0.1) is 0 Å². The van der Waals surface area contributed by atoms with Crippen LogP contribution in [0.2, 0.25) is 0 Å². The van der Waals surface area contributed by atoms with Crippen LogP contribution in [0, 0.1) is 11.6 Å². The minimum atomic E-state index is -0.666. The molecule has 0 amide bonds. The number of ketones is 1. The first kappa shape index (κ1) is 10.5. The van der Waals surface area contributed by atoms with Gasteiger partial charge in [0.15, 0.2) is 11.5 Å². The fourth-order valence-corrected chi connectivity index (χ4v) is 1.39. The molecule has 1 aromatic carbocycles. The Bertz CT molecular complexity index is 523. The minimum absolute atomic E-state index is 0.166. The maximum atomic E-state index is 12.9. The summed E-state index contributed by atoms with van der Waals surface area (Å²) < 4.78 is 30.8. The SMILES string of the molecule is CC(=O)c1cc(-c2cc(F)cc(F)c2)co1. The highest BCUT2D eigenvalue weighted by Gasteiger charge is 2.09. The summed E-state index contributed by atoms with van der Waals surface area (Å²) in [4.78, 5) is 11.0. The van der Waals surface area contributed by atoms with Crippen molar-refractivity contribution in [3.05, 3.63) is 47.9 Å². The molecule has 0 saturated carbocycles. The first-order valence-electron chi connectivity index (χ1n) is 4.62. The van der Waals surface area contributed by atoms with Gasteiger partial charge in [0.05, 0.1) is 6.26 Å². The highest BCUT2D eigenvalue weighted by molar-refractivity contribution is 5.92. The standard InChI is InChI=1S/C12H8F2O2/c1-7(15)12-4-9(6-16-12)8-2-10(13)5-11(14)3-8/h2-6H,1H3. The van der Waals surface area contributed by atoms with Crippen molar-refractivity contribution in [3.8, 4) is 11.1 Å². The van der Waals surface area contributed by atoms with Gasteiger partial charge in [-0.3, -0.25) is 4.79 Å². The van der Waals surface area contributed by atoms with Crippen molar-refractivity contribution in [2.45, 2.75) is 6.92 Å². The fourth-order valence-electron chi connectivity index (χ4n) is 1.39. The summed E-state index contributed by atoms with van der Waals surface area (Å²) in [7, 11) is 0. The Kier molecular flexibility index (Phi) is 2.56. The Morgan fingerprint density at radius 3 is 2.19 bits per heavy atom. The van der Waals surface area contributed by atoms with E-state index in [2.05, 4.69) is 0 Å². The van der Waals surface area contributed by atoms with Gasteiger partial charge >= 0.3 is 0 Å². The van der Waals surface area contributed by atoms with Crippen LogP contribution in [0.25, 0.3) is 11.1 Å². The Balaban J connectivity index is 2.46. The molecule has 0 bridgehead atoms. The van der Waals surface area contributed by atoms with Gasteiger partial charge in [-0.05, 0) is 23.8 Å². The third-order valence-electron chi connectivity index (χ3n) is 2.14. The number of hydrogen-bond donors (Lipinski definition) is 0. The lowest BCUT2D eigenvalue weighted by Gasteiger charge is -1.97. The zero-order valence-electron chi connectivity index (χ0n) is 8.46. The molecule has 0 aliphatic carbocycles. The lowest BCUT2D eigenvalue weighted by molar-refractivity contribution is 0.0987. The van der Waals surface area contributed by atoms with Crippen LogP contribution in [0.3, 0.4) is 0 Å². The van der Waals surface area contributed by atoms with Gasteiger partial charge in [-0.2, -0.15) is 0 Å². The van der Waals surface area contributed by atoms with E-state index >= 15 is 0 Å². The molecule has 0 saturated heterocycles. The summed E-state index contributed by atoms with van der Waals surface area (Å²) in [5.74, 6) is -1.40. The van der Waals surface area contributed by atoms with Crippen LogP contribution in [0.1, 0.15) is 17.5 Å². The Morgan fingerprint density at radius 1 is 1.06 bits per heavy atom. The van der Waals surface area contributed by atoms with Gasteiger partial charge < -0.3 is 4.42 Å². The number of Topliss-reactive ketones (excluding diaryl/α,β-unsaturated/α-hetero) is 1. The second-order valence-corrected chi connectivity index (χ2v) is 3.41. The number of benzene rings is 1. The summed E-state index contributed by atoms with van der Waals surface area (Å²) >= 11 is 0. The number of furan rings is 1. The molecule has 0 unspecified atom stereocenters. The van der Waals surface area contributed by atoms with Gasteiger partial charge in [0.25, 0.3) is 0 Å². The Morgan fingerprint density at radius 2 is 1.69 bits per heavy atom. The van der Waals surface area contributed by atoms with Crippen molar-refractivity contribution >= 4 is 5.78 Å². The van der Waals surface area contributed by atoms with Crippen LogP contribution in [-0.4, -0.2) is 5.78 Å². The monoisotopic (exact) mass is 222 g/mol. The zero-order chi connectivity index (χ0) is 11.7. The molecule has 0 atom stereocenters. The molecule has 0 aliphatic rings. The molecule has 2 aromatic rings. The molecule has 1 heterocycles. The lowest BCUT2D eigenvalue weighted by Crippen LogP contribution is -1.86. The average molecular weight is 222 g/mol. The van der Waals surface area contributed by atoms with E-state index in [1.165, 1.54) is 31.4 Å². The topological polar surface area (TPSA) is 30.2 Å². The first-order chi connectivity index (χ1) is 7.56. The van der Waals surface area contributed by atoms with Crippen LogP contribution in [-0.2, 0) is 0 Å². The Labute approximate surface area is 90.5 Å². The van der Waals surface area contributed by atoms with E-state index in [9.17, 15) is 13.6 Å². The molecular formula is C12H8F2O2. The van der Waals surface area contributed by atoms with Crippen LogP contribution in [0.15, 0.2) is 34.9 Å². The minimum Gasteiger partial charge on any atom is -0.461 e. The summed E-state index contributed by atoms with van der Waals surface area (Å²) in [5.41, 5.74) is 0.817. The molecule has 0 radical (unpaired) electrons. The second kappa shape index (κ2) is 3.89. The van der Waals surface area contributed by atoms with Crippen molar-refractivity contribution in [1.29, 1.82) is 0 Å². The van der Waals surface area contributed by atoms with Gasteiger partial charge in [0, 0.05) is 18.6 Å². The van der Waals surface area contributed by atoms with Gasteiger partial charge in [0.2, 0.25) is 0 Å². The third kappa shape index (κ3) is 2.00. The predicted molar refractivity (Wildman–Crippen MR) is 54.1 cm³/mol. The molecule has 4 heteroatoms. The normalized spacial score (nSPS) is 10.4. The van der Waals surface area contributed by atoms with Gasteiger partial charge in [0.1, 0.15) is 11.6 Å². The van der Waals surface area contributed by atoms with Crippen molar-refractivity contribution in [2.75, 3.05) is 0 Å². The quantitative estimate of drug-likeness (QED) is 0.728. The van der Waals surface area contributed by atoms with Crippen molar-refractivity contribution in [2.24, 2.45) is 0 Å². The number of rotatable bonds is 2. The molecule has 0 aliphatic heterocycles. The van der Waals surface area contributed by atoms with E-state index in [1.807, 2.05) is 0 Å². The highest BCUT2D eigenvalue weighted by Crippen LogP contribution is 2.24. The first-order valence-corrected chi connectivity index (χ1v) is 4.62. The molecule has 0 spiro atoms. The van der Waals surface area contributed by atoms with Crippen LogP contribution >= 0.6 is 0 Å². The largest absolute Gasteiger partial charge is 0.461 e. The van der Waals surface area contributed by atoms with Crippen molar-refractivity contribution in [3.63, 3.8) is 0 Å². The van der Waals surface area contributed by atoms with Crippen LogP contribution in [0.5, 0.6) is 0 Å². The molecular weight excluding hydrogens is 214 g/mol. The van der Waals surface area contributed by atoms with Crippen molar-refractivity contribution < 1.29 is 18.0 Å². The molecule has 82 valence electrons. The summed E-state index contributed by atoms with van der Waals surface area (Å²) in [6.45, 7) is 1.36. The molecule has 1 aromatic heterocycles. The molecule has 0 N–H and O–H groups in total. The third-order valence-corrected chi connectivity index (χ3v) is 2.14. The van der Waals surface area contributed by atoms with E-state index < -0.39 is 11.6 Å². The van der Waals surface area contributed by atoms with E-state index in [0.29, 0.717) is 11.1 Å². The highest BCUT2D eigenvalue weighted by atomic mass is 19.1. The maximum Gasteiger partial charge on any atom is 0.194 e. The van der Waals surface area contributed by atoms with Crippen LogP contribution in [0.4, 0.5) is 8.78 Å². The molecule has 2 nitrogen and oxygen atoms in total. The fraction of sp³-hybridized carbons (Fsp3) is 0.0833. The summed E-state index contributed by atoms with van der Waals surface area (Å²) in [5, 5.41) is 0. The number of carbonyl (C=O) groups excluding carboxylic acids is 1. The second-order valence-electron chi connectivity index (χ2n) is 3.41. The lowest BCUT2D eigenvalue weighted by atomic mass is 10.1. The number of hydrogen-bond acceptors (Lipinski definition) is 2. The van der Waals surface area contributed by atoms with Gasteiger partial charge in [-0.1, -0.05) is 0 Å². The molecule has 2 rings (SSSR count). The van der Waals surface area contributed by atoms with E-state index in [-0.39, 0.29) is 11.5 Å². The van der Waals surface area contributed by atoms with Crippen LogP contribution < -0.4 is 0 Å². The number of carbonyl (C=O) groups is 1. The van der Waals surface area contributed by atoms with E-state index in [0.717, 1.165) is 6.07 Å². The maximum absolute atomic E-state index is 12.9. The average Bonchev–Trinajstić information content (AvgIpc) is 2.64. The Hall–Kier alpha value is -1.97. The predicted octanol–water partition coefficient (Wildman–Crippen LogP) is 3.43. The zero-order valence-corrected chi connectivity index (χ0v) is 8.46. The molecule has 0 fully saturated rings. The van der Waals surface area contributed by atoms with Gasteiger partial charge in [-0.25, -0.2) is 8.78 Å². The van der Waals surface area contributed by atoms with E-state index in [1.54, 1.807) is 0 Å². The molecule has 16 heavy (non-hydrogen) atoms. The summed E-state index contributed by atoms with van der Waals surface area (Å²) in [6.07, 6.45) is 1.30. The number of halogens is 2. The smallest absolute Gasteiger partial charge is 0.194 e. The summed E-state index contributed by atoms with van der Waals surface area (Å²) in [6, 6.07) is 4.60.